The van der Waals surface area contributed by atoms with E-state index in [1.807, 2.05) is 37.5 Å². The van der Waals surface area contributed by atoms with Crippen molar-refractivity contribution in [2.75, 3.05) is 7.11 Å². The third-order valence-electron chi connectivity index (χ3n) is 3.11. The van der Waals surface area contributed by atoms with Crippen LogP contribution in [0.25, 0.3) is 0 Å². The molecule has 0 bridgehead atoms. The molecule has 1 N–H and O–H groups in total. The lowest BCUT2D eigenvalue weighted by atomic mass is 10.1. The zero-order valence-electron chi connectivity index (χ0n) is 13.1. The Bertz CT molecular complexity index is 579. The quantitative estimate of drug-likeness (QED) is 0.851. The Labute approximate surface area is 125 Å². The highest BCUT2D eigenvalue weighted by Crippen LogP contribution is 2.25. The number of hydrogen-bond donors (Lipinski definition) is 1. The van der Waals surface area contributed by atoms with Crippen LogP contribution >= 0.6 is 0 Å². The van der Waals surface area contributed by atoms with Crippen LogP contribution in [0, 0.1) is 0 Å². The number of nitrogens with zero attached hydrogens (tertiary/aromatic N) is 2. The Kier molecular flexibility index (Phi) is 5.22. The molecule has 0 spiro atoms. The Morgan fingerprint density at radius 2 is 2.10 bits per heavy atom. The van der Waals surface area contributed by atoms with E-state index >= 15 is 0 Å². The first-order valence-corrected chi connectivity index (χ1v) is 7.10. The van der Waals surface area contributed by atoms with Crippen molar-refractivity contribution in [2.45, 2.75) is 33.0 Å². The van der Waals surface area contributed by atoms with Gasteiger partial charge in [0.05, 0.1) is 12.8 Å². The molecule has 0 fully saturated rings. The first-order valence-electron chi connectivity index (χ1n) is 7.10. The first-order chi connectivity index (χ1) is 10.1. The number of methoxy groups -OCH3 is 1. The molecule has 5 heteroatoms. The molecule has 1 aromatic heterocycles. The van der Waals surface area contributed by atoms with Crippen molar-refractivity contribution < 1.29 is 9.47 Å². The molecule has 114 valence electrons. The molecule has 0 aliphatic heterocycles. The maximum Gasteiger partial charge on any atom is 0.132 e. The lowest BCUT2D eigenvalue weighted by Crippen LogP contribution is -2.22. The molecule has 2 rings (SSSR count). The van der Waals surface area contributed by atoms with E-state index in [1.54, 1.807) is 11.8 Å². The maximum atomic E-state index is 5.90. The van der Waals surface area contributed by atoms with Gasteiger partial charge in [-0.05, 0) is 24.3 Å². The van der Waals surface area contributed by atoms with Crippen LogP contribution in [-0.2, 0) is 20.2 Å². The van der Waals surface area contributed by atoms with Gasteiger partial charge < -0.3 is 14.8 Å². The van der Waals surface area contributed by atoms with Gasteiger partial charge in [0.25, 0.3) is 0 Å². The van der Waals surface area contributed by atoms with Crippen LogP contribution in [0.1, 0.15) is 25.1 Å². The zero-order valence-corrected chi connectivity index (χ0v) is 13.1. The summed E-state index contributed by atoms with van der Waals surface area (Å²) in [5.41, 5.74) is 2.00. The molecule has 0 aliphatic carbocycles. The average molecular weight is 289 g/mol. The Balaban J connectivity index is 2.09. The summed E-state index contributed by atoms with van der Waals surface area (Å²) < 4.78 is 13.0. The summed E-state index contributed by atoms with van der Waals surface area (Å²) in [7, 11) is 3.57. The van der Waals surface area contributed by atoms with Crippen LogP contribution in [0.2, 0.25) is 0 Å². The molecule has 0 amide bonds. The van der Waals surface area contributed by atoms with Crippen molar-refractivity contribution in [1.29, 1.82) is 0 Å². The second-order valence-corrected chi connectivity index (χ2v) is 5.28. The van der Waals surface area contributed by atoms with Crippen LogP contribution in [0.15, 0.2) is 30.5 Å². The molecule has 0 aliphatic rings. The summed E-state index contributed by atoms with van der Waals surface area (Å²) in [6, 6.07) is 8.23. The molecule has 0 saturated heterocycles. The molecule has 0 unspecified atom stereocenters. The second-order valence-electron chi connectivity index (χ2n) is 5.28. The van der Waals surface area contributed by atoms with Gasteiger partial charge in [-0.25, -0.2) is 0 Å². The summed E-state index contributed by atoms with van der Waals surface area (Å²) in [5.74, 6) is 1.69. The molecular formula is C16H23N3O2. The smallest absolute Gasteiger partial charge is 0.132 e. The predicted octanol–water partition coefficient (Wildman–Crippen LogP) is 2.51. The van der Waals surface area contributed by atoms with Crippen LogP contribution in [0.5, 0.6) is 11.5 Å². The minimum absolute atomic E-state index is 0.417. The minimum Gasteiger partial charge on any atom is -0.497 e. The summed E-state index contributed by atoms with van der Waals surface area (Å²) in [5, 5.41) is 7.72. The number of hydrogen-bond acceptors (Lipinski definition) is 4. The Morgan fingerprint density at radius 1 is 1.29 bits per heavy atom. The largest absolute Gasteiger partial charge is 0.497 e. The fourth-order valence-electron chi connectivity index (χ4n) is 1.97. The molecule has 0 radical (unpaired) electrons. The lowest BCUT2D eigenvalue weighted by molar-refractivity contribution is 0.295. The van der Waals surface area contributed by atoms with Crippen LogP contribution in [-0.4, -0.2) is 22.9 Å². The van der Waals surface area contributed by atoms with Gasteiger partial charge in [0.2, 0.25) is 0 Å². The molecular weight excluding hydrogens is 266 g/mol. The van der Waals surface area contributed by atoms with Crippen molar-refractivity contribution in [1.82, 2.24) is 15.1 Å². The number of nitrogens with one attached hydrogen (secondary N) is 1. The van der Waals surface area contributed by atoms with E-state index in [4.69, 9.17) is 9.47 Å². The highest BCUT2D eigenvalue weighted by atomic mass is 16.5. The molecule has 21 heavy (non-hydrogen) atoms. The van der Waals surface area contributed by atoms with Crippen molar-refractivity contribution in [2.24, 2.45) is 7.05 Å². The van der Waals surface area contributed by atoms with Gasteiger partial charge in [-0.3, -0.25) is 4.68 Å². The molecule has 0 atom stereocenters. The number of benzene rings is 1. The van der Waals surface area contributed by atoms with Gasteiger partial charge in [-0.15, -0.1) is 0 Å². The monoisotopic (exact) mass is 289 g/mol. The highest BCUT2D eigenvalue weighted by molar-refractivity contribution is 5.40. The molecule has 0 saturated carbocycles. The number of aromatic nitrogens is 2. The van der Waals surface area contributed by atoms with Crippen molar-refractivity contribution in [3.8, 4) is 11.5 Å². The van der Waals surface area contributed by atoms with Crippen molar-refractivity contribution in [3.05, 3.63) is 41.7 Å². The fraction of sp³-hybridized carbons (Fsp3) is 0.438. The third-order valence-corrected chi connectivity index (χ3v) is 3.11. The zero-order chi connectivity index (χ0) is 15.2. The summed E-state index contributed by atoms with van der Waals surface area (Å²) in [6.45, 7) is 5.44. The van der Waals surface area contributed by atoms with Gasteiger partial charge in [0.15, 0.2) is 0 Å². The third kappa shape index (κ3) is 4.49. The van der Waals surface area contributed by atoms with E-state index in [-0.39, 0.29) is 0 Å². The normalized spacial score (nSPS) is 10.9. The van der Waals surface area contributed by atoms with E-state index in [2.05, 4.69) is 24.3 Å². The van der Waals surface area contributed by atoms with E-state index in [1.165, 1.54) is 0 Å². The summed E-state index contributed by atoms with van der Waals surface area (Å²) in [6.07, 6.45) is 1.91. The van der Waals surface area contributed by atoms with Crippen LogP contribution in [0.3, 0.4) is 0 Å². The van der Waals surface area contributed by atoms with Gasteiger partial charge in [0, 0.05) is 31.4 Å². The molecule has 2 aromatic rings. The van der Waals surface area contributed by atoms with Crippen molar-refractivity contribution >= 4 is 0 Å². The van der Waals surface area contributed by atoms with Gasteiger partial charge >= 0.3 is 0 Å². The SMILES string of the molecule is COc1ccc(OCc2ccn(C)n2)c(CNC(C)C)c1. The van der Waals surface area contributed by atoms with Crippen molar-refractivity contribution in [3.63, 3.8) is 0 Å². The van der Waals surface area contributed by atoms with E-state index < -0.39 is 0 Å². The number of aryl methyl sites for hydroxylation is 1. The topological polar surface area (TPSA) is 48.3 Å². The Morgan fingerprint density at radius 3 is 2.71 bits per heavy atom. The maximum absolute atomic E-state index is 5.90. The average Bonchev–Trinajstić information content (AvgIpc) is 2.88. The summed E-state index contributed by atoms with van der Waals surface area (Å²) >= 11 is 0. The highest BCUT2D eigenvalue weighted by Gasteiger charge is 2.08. The Hall–Kier alpha value is -2.01. The first kappa shape index (κ1) is 15.4. The molecule has 1 aromatic carbocycles. The van der Waals surface area contributed by atoms with Gasteiger partial charge in [-0.2, -0.15) is 5.10 Å². The predicted molar refractivity (Wildman–Crippen MR) is 82.5 cm³/mol. The molecule has 1 heterocycles. The minimum atomic E-state index is 0.417. The lowest BCUT2D eigenvalue weighted by Gasteiger charge is -2.14. The summed E-state index contributed by atoms with van der Waals surface area (Å²) in [4.78, 5) is 0. The van der Waals surface area contributed by atoms with E-state index in [0.717, 1.165) is 29.3 Å². The standard InChI is InChI=1S/C16H23N3O2/c1-12(2)17-10-13-9-15(20-4)5-6-16(13)21-11-14-7-8-19(3)18-14/h5-9,12,17H,10-11H2,1-4H3. The fourth-order valence-corrected chi connectivity index (χ4v) is 1.97. The van der Waals surface area contributed by atoms with Crippen LogP contribution in [0.4, 0.5) is 0 Å². The van der Waals surface area contributed by atoms with Gasteiger partial charge in [0.1, 0.15) is 18.1 Å². The van der Waals surface area contributed by atoms with E-state index in [9.17, 15) is 0 Å². The number of ether oxygens (including phenoxy) is 2. The van der Waals surface area contributed by atoms with Gasteiger partial charge in [-0.1, -0.05) is 13.8 Å². The second kappa shape index (κ2) is 7.13. The van der Waals surface area contributed by atoms with E-state index in [0.29, 0.717) is 12.6 Å². The van der Waals surface area contributed by atoms with Crippen LogP contribution < -0.4 is 14.8 Å². The molecule has 5 nitrogen and oxygen atoms in total. The number of rotatable bonds is 7.